The molecule has 0 unspecified atom stereocenters. The predicted molar refractivity (Wildman–Crippen MR) is 93.5 cm³/mol. The zero-order chi connectivity index (χ0) is 18.1. The Labute approximate surface area is 150 Å². The summed E-state index contributed by atoms with van der Waals surface area (Å²) >= 11 is 1.60. The molecule has 1 fully saturated rings. The Morgan fingerprint density at radius 3 is 2.84 bits per heavy atom. The minimum absolute atomic E-state index is 0.0218. The van der Waals surface area contributed by atoms with Gasteiger partial charge >= 0.3 is 0 Å². The number of thiazole rings is 1. The largest absolute Gasteiger partial charge is 0.361 e. The van der Waals surface area contributed by atoms with E-state index < -0.39 is 6.17 Å². The molecule has 2 atom stereocenters. The third-order valence-corrected chi connectivity index (χ3v) is 5.41. The highest BCUT2D eigenvalue weighted by molar-refractivity contribution is 7.09. The number of alkyl halides is 1. The van der Waals surface area contributed by atoms with Crippen molar-refractivity contribution in [3.8, 4) is 0 Å². The summed E-state index contributed by atoms with van der Waals surface area (Å²) in [7, 11) is 1.74. The van der Waals surface area contributed by atoms with Crippen molar-refractivity contribution in [3.63, 3.8) is 0 Å². The second-order valence-corrected chi connectivity index (χ2v) is 7.72. The van der Waals surface area contributed by atoms with E-state index in [2.05, 4.69) is 15.0 Å². The van der Waals surface area contributed by atoms with Gasteiger partial charge in [0.05, 0.1) is 16.4 Å². The first-order valence-corrected chi connectivity index (χ1v) is 9.20. The molecule has 6 nitrogen and oxygen atoms in total. The number of hydrogen-bond donors (Lipinski definition) is 0. The monoisotopic (exact) mass is 366 g/mol. The van der Waals surface area contributed by atoms with Gasteiger partial charge in [-0.2, -0.15) is 0 Å². The molecule has 1 amide bonds. The lowest BCUT2D eigenvalue weighted by molar-refractivity contribution is 0.0747. The smallest absolute Gasteiger partial charge is 0.259 e. The number of aromatic nitrogens is 2. The van der Waals surface area contributed by atoms with Crippen LogP contribution in [0.5, 0.6) is 0 Å². The van der Waals surface area contributed by atoms with Crippen LogP contribution in [-0.2, 0) is 6.54 Å². The van der Waals surface area contributed by atoms with Gasteiger partial charge in [0.25, 0.3) is 5.91 Å². The highest BCUT2D eigenvalue weighted by atomic mass is 32.1. The molecule has 1 aliphatic rings. The SMILES string of the molecule is Cc1nc(CN2C[C@@H](F)C[C@H]2CN(C)C(=O)c2c(C)noc2C)cs1. The molecule has 0 aromatic carbocycles. The van der Waals surface area contributed by atoms with E-state index >= 15 is 0 Å². The third-order valence-electron chi connectivity index (χ3n) is 4.59. The van der Waals surface area contributed by atoms with Gasteiger partial charge < -0.3 is 9.42 Å². The average molecular weight is 366 g/mol. The maximum absolute atomic E-state index is 14.0. The third kappa shape index (κ3) is 3.90. The molecule has 0 aliphatic carbocycles. The molecule has 0 saturated carbocycles. The van der Waals surface area contributed by atoms with E-state index in [1.54, 1.807) is 37.1 Å². The standard InChI is InChI=1S/C17H23FN4O2S/c1-10-16(11(2)24-20-10)17(23)21(4)8-15-5-13(18)6-22(15)7-14-9-25-12(3)19-14/h9,13,15H,5-8H2,1-4H3/t13-,15-/m0/s1. The van der Waals surface area contributed by atoms with Gasteiger partial charge in [-0.3, -0.25) is 9.69 Å². The Balaban J connectivity index is 1.68. The van der Waals surface area contributed by atoms with Crippen LogP contribution in [0.25, 0.3) is 0 Å². The second-order valence-electron chi connectivity index (χ2n) is 6.66. The number of amides is 1. The Kier molecular flexibility index (Phi) is 5.19. The molecule has 0 N–H and O–H groups in total. The number of aryl methyl sites for hydroxylation is 3. The quantitative estimate of drug-likeness (QED) is 0.814. The number of carbonyl (C=O) groups excluding carboxylic acids is 1. The van der Waals surface area contributed by atoms with Crippen molar-refractivity contribution < 1.29 is 13.7 Å². The number of likely N-dealkylation sites (N-methyl/N-ethyl adjacent to an activating group) is 1. The topological polar surface area (TPSA) is 62.5 Å². The molecule has 0 bridgehead atoms. The van der Waals surface area contributed by atoms with Crippen molar-refractivity contribution in [3.05, 3.63) is 33.1 Å². The average Bonchev–Trinajstić information content (AvgIpc) is 3.20. The molecule has 0 radical (unpaired) electrons. The van der Waals surface area contributed by atoms with E-state index in [4.69, 9.17) is 4.52 Å². The van der Waals surface area contributed by atoms with Gasteiger partial charge in [0.2, 0.25) is 0 Å². The summed E-state index contributed by atoms with van der Waals surface area (Å²) in [6, 6.07) is -0.0218. The lowest BCUT2D eigenvalue weighted by atomic mass is 10.1. The van der Waals surface area contributed by atoms with Crippen molar-refractivity contribution in [2.24, 2.45) is 0 Å². The number of nitrogens with zero attached hydrogens (tertiary/aromatic N) is 4. The first-order valence-electron chi connectivity index (χ1n) is 8.32. The number of rotatable bonds is 5. The molecule has 3 rings (SSSR count). The van der Waals surface area contributed by atoms with Crippen molar-refractivity contribution in [1.82, 2.24) is 19.9 Å². The maximum Gasteiger partial charge on any atom is 0.259 e. The van der Waals surface area contributed by atoms with Gasteiger partial charge in [0.1, 0.15) is 17.5 Å². The molecule has 1 aliphatic heterocycles. The van der Waals surface area contributed by atoms with Crippen LogP contribution >= 0.6 is 11.3 Å². The summed E-state index contributed by atoms with van der Waals surface area (Å²) in [6.45, 7) is 6.90. The summed E-state index contributed by atoms with van der Waals surface area (Å²) in [6.07, 6.45) is -0.435. The van der Waals surface area contributed by atoms with Crippen LogP contribution in [0.2, 0.25) is 0 Å². The molecule has 8 heteroatoms. The molecule has 25 heavy (non-hydrogen) atoms. The van der Waals surface area contributed by atoms with E-state index in [1.165, 1.54) is 0 Å². The number of hydrogen-bond acceptors (Lipinski definition) is 6. The first-order chi connectivity index (χ1) is 11.8. The Morgan fingerprint density at radius 1 is 1.48 bits per heavy atom. The van der Waals surface area contributed by atoms with Gasteiger partial charge in [-0.1, -0.05) is 5.16 Å². The van der Waals surface area contributed by atoms with Crippen molar-refractivity contribution in [2.75, 3.05) is 20.1 Å². The van der Waals surface area contributed by atoms with Crippen molar-refractivity contribution >= 4 is 17.2 Å². The van der Waals surface area contributed by atoms with Crippen molar-refractivity contribution in [2.45, 2.75) is 46.0 Å². The minimum Gasteiger partial charge on any atom is -0.361 e. The zero-order valence-electron chi connectivity index (χ0n) is 15.0. The van der Waals surface area contributed by atoms with Crippen LogP contribution in [0.1, 0.15) is 38.9 Å². The fraction of sp³-hybridized carbons (Fsp3) is 0.588. The minimum atomic E-state index is -0.868. The molecule has 0 spiro atoms. The van der Waals surface area contributed by atoms with E-state index in [-0.39, 0.29) is 11.9 Å². The van der Waals surface area contributed by atoms with Gasteiger partial charge in [-0.05, 0) is 27.2 Å². The lowest BCUT2D eigenvalue weighted by Crippen LogP contribution is -2.41. The first kappa shape index (κ1) is 18.0. The molecule has 136 valence electrons. The van der Waals surface area contributed by atoms with Gasteiger partial charge in [0.15, 0.2) is 0 Å². The molecule has 2 aromatic heterocycles. The maximum atomic E-state index is 14.0. The van der Waals surface area contributed by atoms with E-state index in [0.717, 1.165) is 10.7 Å². The number of halogens is 1. The van der Waals surface area contributed by atoms with Crippen LogP contribution < -0.4 is 0 Å². The molecule has 2 aromatic rings. The normalized spacial score (nSPS) is 21.0. The Hall–Kier alpha value is -1.80. The predicted octanol–water partition coefficient (Wildman–Crippen LogP) is 2.74. The summed E-state index contributed by atoms with van der Waals surface area (Å²) < 4.78 is 19.1. The number of carbonyl (C=O) groups is 1. The molecule has 1 saturated heterocycles. The highest BCUT2D eigenvalue weighted by Crippen LogP contribution is 2.25. The van der Waals surface area contributed by atoms with Crippen LogP contribution in [-0.4, -0.2) is 58.2 Å². The Morgan fingerprint density at radius 2 is 2.24 bits per heavy atom. The lowest BCUT2D eigenvalue weighted by Gasteiger charge is -2.28. The van der Waals surface area contributed by atoms with Crippen LogP contribution in [0, 0.1) is 20.8 Å². The fourth-order valence-corrected chi connectivity index (χ4v) is 3.98. The van der Waals surface area contributed by atoms with Crippen molar-refractivity contribution in [1.29, 1.82) is 0 Å². The van der Waals surface area contributed by atoms with E-state index in [9.17, 15) is 9.18 Å². The molecular formula is C17H23FN4O2S. The number of likely N-dealkylation sites (tertiary alicyclic amines) is 1. The summed E-state index contributed by atoms with van der Waals surface area (Å²) in [5.41, 5.74) is 2.04. The van der Waals surface area contributed by atoms with Gasteiger partial charge in [0, 0.05) is 38.1 Å². The van der Waals surface area contributed by atoms with Gasteiger partial charge in [-0.15, -0.1) is 11.3 Å². The van der Waals surface area contributed by atoms with E-state index in [1.807, 2.05) is 12.3 Å². The summed E-state index contributed by atoms with van der Waals surface area (Å²) in [4.78, 5) is 20.9. The molecule has 3 heterocycles. The highest BCUT2D eigenvalue weighted by Gasteiger charge is 2.34. The summed E-state index contributed by atoms with van der Waals surface area (Å²) in [5.74, 6) is 0.377. The van der Waals surface area contributed by atoms with E-state index in [0.29, 0.717) is 43.1 Å². The Bertz CT molecular complexity index is 740. The fourth-order valence-electron chi connectivity index (χ4n) is 3.37. The second kappa shape index (κ2) is 7.21. The molecular weight excluding hydrogens is 343 g/mol. The van der Waals surface area contributed by atoms with Crippen LogP contribution in [0.3, 0.4) is 0 Å². The van der Waals surface area contributed by atoms with Crippen LogP contribution in [0.15, 0.2) is 9.90 Å². The van der Waals surface area contributed by atoms with Crippen LogP contribution in [0.4, 0.5) is 4.39 Å². The van der Waals surface area contributed by atoms with Gasteiger partial charge in [-0.25, -0.2) is 9.37 Å². The zero-order valence-corrected chi connectivity index (χ0v) is 15.8. The summed E-state index contributed by atoms with van der Waals surface area (Å²) in [5, 5.41) is 6.85.